The summed E-state index contributed by atoms with van der Waals surface area (Å²) in [5.41, 5.74) is 8.51. The van der Waals surface area contributed by atoms with Crippen LogP contribution >= 0.6 is 23.4 Å². The number of aromatic nitrogens is 4. The van der Waals surface area contributed by atoms with Crippen molar-refractivity contribution in [2.45, 2.75) is 18.5 Å². The Balaban J connectivity index is 1.57. The summed E-state index contributed by atoms with van der Waals surface area (Å²) in [5.74, 6) is 0.357. The van der Waals surface area contributed by atoms with Crippen LogP contribution in [0.25, 0.3) is 22.8 Å². The number of carbonyl (C=O) groups is 2. The topological polar surface area (TPSA) is 129 Å². The van der Waals surface area contributed by atoms with Gasteiger partial charge in [-0.3, -0.25) is 9.59 Å². The van der Waals surface area contributed by atoms with Gasteiger partial charge in [0.25, 0.3) is 5.89 Å². The lowest BCUT2D eigenvalue weighted by Gasteiger charge is -2.07. The van der Waals surface area contributed by atoms with Crippen molar-refractivity contribution in [2.75, 3.05) is 17.3 Å². The molecule has 3 N–H and O–H groups in total. The molecule has 2 aromatic heterocycles. The van der Waals surface area contributed by atoms with Crippen molar-refractivity contribution in [3.05, 3.63) is 59.1 Å². The third kappa shape index (κ3) is 4.91. The van der Waals surface area contributed by atoms with E-state index in [4.69, 9.17) is 21.9 Å². The number of rotatable bonds is 7. The number of benzene rings is 2. The fourth-order valence-corrected chi connectivity index (χ4v) is 3.81. The zero-order valence-corrected chi connectivity index (χ0v) is 19.3. The van der Waals surface area contributed by atoms with Crippen LogP contribution in [-0.4, -0.2) is 37.9 Å². The third-order valence-corrected chi connectivity index (χ3v) is 5.67. The number of hydrogen-bond donors (Lipinski definition) is 2. The molecule has 0 spiro atoms. The fraction of sp³-hybridized carbons (Fsp3) is 0.136. The standard InChI is InChI=1S/C22H19ClN6O3S/c1-12(30)14-4-3-5-16(10-14)25-17(31)11-29-19(24)18(22(27-29)33-2)21-26-20(28-32-21)13-6-8-15(23)9-7-13/h3-10H,11,24H2,1-2H3,(H,25,31). The van der Waals surface area contributed by atoms with Crippen LogP contribution in [-0.2, 0) is 11.3 Å². The van der Waals surface area contributed by atoms with E-state index in [2.05, 4.69) is 20.6 Å². The second-order valence-electron chi connectivity index (χ2n) is 7.04. The molecule has 0 saturated carbocycles. The van der Waals surface area contributed by atoms with Gasteiger partial charge in [0.2, 0.25) is 11.7 Å². The van der Waals surface area contributed by atoms with Crippen LogP contribution < -0.4 is 11.1 Å². The third-order valence-electron chi connectivity index (χ3n) is 4.74. The summed E-state index contributed by atoms with van der Waals surface area (Å²) in [6.07, 6.45) is 1.83. The van der Waals surface area contributed by atoms with E-state index >= 15 is 0 Å². The van der Waals surface area contributed by atoms with Crippen LogP contribution in [0, 0.1) is 0 Å². The van der Waals surface area contributed by atoms with Crippen molar-refractivity contribution in [2.24, 2.45) is 0 Å². The fourth-order valence-electron chi connectivity index (χ4n) is 3.11. The Kier molecular flexibility index (Phi) is 6.47. The van der Waals surface area contributed by atoms with E-state index in [-0.39, 0.29) is 29.9 Å². The molecule has 0 atom stereocenters. The van der Waals surface area contributed by atoms with Crippen LogP contribution in [0.4, 0.5) is 11.5 Å². The van der Waals surface area contributed by atoms with Crippen molar-refractivity contribution in [3.63, 3.8) is 0 Å². The van der Waals surface area contributed by atoms with Gasteiger partial charge in [0, 0.05) is 21.8 Å². The maximum atomic E-state index is 12.6. The van der Waals surface area contributed by atoms with Crippen LogP contribution in [0.5, 0.6) is 0 Å². The minimum absolute atomic E-state index is 0.0887. The minimum atomic E-state index is -0.350. The van der Waals surface area contributed by atoms with Gasteiger partial charge in [-0.2, -0.15) is 10.1 Å². The molecule has 4 aromatic rings. The number of halogens is 1. The Hall–Kier alpha value is -3.63. The monoisotopic (exact) mass is 482 g/mol. The Bertz CT molecular complexity index is 1330. The number of ketones is 1. The summed E-state index contributed by atoms with van der Waals surface area (Å²) in [4.78, 5) is 28.6. The maximum absolute atomic E-state index is 12.6. The van der Waals surface area contributed by atoms with Crippen molar-refractivity contribution < 1.29 is 14.1 Å². The first-order valence-electron chi connectivity index (χ1n) is 9.77. The molecule has 0 aliphatic rings. The molecule has 2 heterocycles. The highest BCUT2D eigenvalue weighted by Crippen LogP contribution is 2.35. The molecule has 0 fully saturated rings. The molecule has 0 aliphatic carbocycles. The van der Waals surface area contributed by atoms with E-state index in [9.17, 15) is 9.59 Å². The van der Waals surface area contributed by atoms with Gasteiger partial charge >= 0.3 is 0 Å². The summed E-state index contributed by atoms with van der Waals surface area (Å²) in [6, 6.07) is 13.7. The second-order valence-corrected chi connectivity index (χ2v) is 8.27. The highest BCUT2D eigenvalue weighted by atomic mass is 35.5. The average molecular weight is 483 g/mol. The molecule has 4 rings (SSSR count). The summed E-state index contributed by atoms with van der Waals surface area (Å²) in [7, 11) is 0. The number of nitrogens with two attached hydrogens (primary N) is 1. The number of hydrogen-bond acceptors (Lipinski definition) is 8. The SMILES string of the molecule is CSc1nn(CC(=O)Nc2cccc(C(C)=O)c2)c(N)c1-c1nc(-c2ccc(Cl)cc2)no1. The van der Waals surface area contributed by atoms with Gasteiger partial charge in [0.15, 0.2) is 5.78 Å². The molecular formula is C22H19ClN6O3S. The molecule has 0 bridgehead atoms. The highest BCUT2D eigenvalue weighted by Gasteiger charge is 2.24. The summed E-state index contributed by atoms with van der Waals surface area (Å²) >= 11 is 7.28. The zero-order valence-electron chi connectivity index (χ0n) is 17.7. The van der Waals surface area contributed by atoms with Gasteiger partial charge in [0.1, 0.15) is 23.0 Å². The number of nitrogen functional groups attached to an aromatic ring is 1. The number of nitrogens with zero attached hydrogens (tertiary/aromatic N) is 4. The van der Waals surface area contributed by atoms with E-state index in [1.807, 2.05) is 6.26 Å². The lowest BCUT2D eigenvalue weighted by atomic mass is 10.1. The minimum Gasteiger partial charge on any atom is -0.383 e. The molecular weight excluding hydrogens is 464 g/mol. The molecule has 11 heteroatoms. The molecule has 1 amide bonds. The number of carbonyl (C=O) groups excluding carboxylic acids is 2. The van der Waals surface area contributed by atoms with Crippen molar-refractivity contribution >= 4 is 46.6 Å². The van der Waals surface area contributed by atoms with Crippen molar-refractivity contribution in [1.29, 1.82) is 0 Å². The van der Waals surface area contributed by atoms with Crippen molar-refractivity contribution in [3.8, 4) is 22.8 Å². The Labute approximate surface area is 198 Å². The van der Waals surface area contributed by atoms with Gasteiger partial charge < -0.3 is 15.6 Å². The molecule has 168 valence electrons. The molecule has 33 heavy (non-hydrogen) atoms. The molecule has 0 radical (unpaired) electrons. The normalized spacial score (nSPS) is 10.9. The predicted octanol–water partition coefficient (Wildman–Crippen LogP) is 4.40. The van der Waals surface area contributed by atoms with Gasteiger partial charge in [0.05, 0.1) is 0 Å². The number of Topliss-reactive ketones (excluding diaryl/α,β-unsaturated/α-hetero) is 1. The van der Waals surface area contributed by atoms with Crippen LogP contribution in [0.3, 0.4) is 0 Å². The molecule has 2 aromatic carbocycles. The first kappa shape index (κ1) is 22.6. The zero-order chi connectivity index (χ0) is 23.5. The van der Waals surface area contributed by atoms with Gasteiger partial charge in [-0.25, -0.2) is 4.68 Å². The van der Waals surface area contributed by atoms with Crippen LogP contribution in [0.2, 0.25) is 5.02 Å². The van der Waals surface area contributed by atoms with Gasteiger partial charge in [-0.15, -0.1) is 11.8 Å². The largest absolute Gasteiger partial charge is 0.383 e. The lowest BCUT2D eigenvalue weighted by molar-refractivity contribution is -0.116. The lowest BCUT2D eigenvalue weighted by Crippen LogP contribution is -2.20. The van der Waals surface area contributed by atoms with Crippen LogP contribution in [0.1, 0.15) is 17.3 Å². The molecule has 0 aliphatic heterocycles. The number of anilines is 2. The van der Waals surface area contributed by atoms with E-state index in [1.54, 1.807) is 48.5 Å². The molecule has 0 unspecified atom stereocenters. The van der Waals surface area contributed by atoms with Crippen molar-refractivity contribution in [1.82, 2.24) is 19.9 Å². The molecule has 0 saturated heterocycles. The maximum Gasteiger partial charge on any atom is 0.264 e. The Morgan fingerprint density at radius 1 is 1.21 bits per heavy atom. The quantitative estimate of drug-likeness (QED) is 0.293. The predicted molar refractivity (Wildman–Crippen MR) is 127 cm³/mol. The first-order chi connectivity index (χ1) is 15.9. The second kappa shape index (κ2) is 9.47. The van der Waals surface area contributed by atoms with E-state index in [0.717, 1.165) is 5.56 Å². The van der Waals surface area contributed by atoms with Gasteiger partial charge in [-0.1, -0.05) is 28.9 Å². The van der Waals surface area contributed by atoms with Gasteiger partial charge in [-0.05, 0) is 49.6 Å². The smallest absolute Gasteiger partial charge is 0.264 e. The van der Waals surface area contributed by atoms with Crippen LogP contribution in [0.15, 0.2) is 58.1 Å². The Morgan fingerprint density at radius 2 is 1.97 bits per heavy atom. The Morgan fingerprint density at radius 3 is 2.67 bits per heavy atom. The van der Waals surface area contributed by atoms with E-state index in [0.29, 0.717) is 32.7 Å². The first-order valence-corrected chi connectivity index (χ1v) is 11.4. The summed E-state index contributed by atoms with van der Waals surface area (Å²) < 4.78 is 6.81. The highest BCUT2D eigenvalue weighted by molar-refractivity contribution is 7.98. The summed E-state index contributed by atoms with van der Waals surface area (Å²) in [5, 5.41) is 12.3. The number of nitrogens with one attached hydrogen (secondary N) is 1. The molecule has 9 nitrogen and oxygen atoms in total. The average Bonchev–Trinajstić information content (AvgIpc) is 3.39. The summed E-state index contributed by atoms with van der Waals surface area (Å²) in [6.45, 7) is 1.33. The number of thioether (sulfide) groups is 1. The number of amides is 1. The van der Waals surface area contributed by atoms with E-state index in [1.165, 1.54) is 23.4 Å². The van der Waals surface area contributed by atoms with E-state index < -0.39 is 0 Å².